The van der Waals surface area contributed by atoms with Gasteiger partial charge in [-0.2, -0.15) is 0 Å². The van der Waals surface area contributed by atoms with Crippen molar-refractivity contribution in [2.75, 3.05) is 0 Å². The molecule has 0 aliphatic carbocycles. The zero-order chi connectivity index (χ0) is 11.8. The fraction of sp³-hybridized carbons (Fsp3) is 0.500. The highest BCUT2D eigenvalue weighted by Crippen LogP contribution is 2.32. The molecule has 88 valence electrons. The average Bonchev–Trinajstić information content (AvgIpc) is 2.45. The second-order valence-electron chi connectivity index (χ2n) is 4.84. The Morgan fingerprint density at radius 2 is 1.88 bits per heavy atom. The van der Waals surface area contributed by atoms with Crippen molar-refractivity contribution < 1.29 is 10.2 Å². The van der Waals surface area contributed by atoms with Crippen LogP contribution in [0.2, 0.25) is 0 Å². The molecule has 1 aliphatic rings. The summed E-state index contributed by atoms with van der Waals surface area (Å²) in [6.07, 6.45) is -1.41. The van der Waals surface area contributed by atoms with Crippen molar-refractivity contribution in [2.45, 2.75) is 32.8 Å². The smallest absolute Gasteiger partial charge is 0.129 e. The highest BCUT2D eigenvalue weighted by molar-refractivity contribution is 5.14. The first-order valence-electron chi connectivity index (χ1n) is 5.44. The fourth-order valence-corrected chi connectivity index (χ4v) is 1.85. The van der Waals surface area contributed by atoms with Gasteiger partial charge in [-0.05, 0) is 5.56 Å². The lowest BCUT2D eigenvalue weighted by Crippen LogP contribution is -2.39. The Labute approximate surface area is 95.5 Å². The first-order valence-corrected chi connectivity index (χ1v) is 5.44. The normalized spacial score (nSPS) is 29.5. The van der Waals surface area contributed by atoms with Crippen LogP contribution in [0.15, 0.2) is 30.3 Å². The van der Waals surface area contributed by atoms with Gasteiger partial charge in [0.25, 0.3) is 0 Å². The van der Waals surface area contributed by atoms with Crippen molar-refractivity contribution in [3.63, 3.8) is 0 Å². The molecule has 1 aliphatic heterocycles. The van der Waals surface area contributed by atoms with Crippen molar-refractivity contribution >= 4 is 0 Å². The van der Waals surface area contributed by atoms with Gasteiger partial charge in [0.15, 0.2) is 0 Å². The Kier molecular flexibility index (Phi) is 2.99. The summed E-state index contributed by atoms with van der Waals surface area (Å²) in [6.45, 7) is 4.24. The topological polar surface area (TPSA) is 55.7 Å². The van der Waals surface area contributed by atoms with E-state index in [-0.39, 0.29) is 0 Å². The Hall–Kier alpha value is -0.940. The third-order valence-corrected chi connectivity index (χ3v) is 3.15. The molecule has 4 heteroatoms. The van der Waals surface area contributed by atoms with E-state index in [1.807, 2.05) is 44.2 Å². The summed E-state index contributed by atoms with van der Waals surface area (Å²) in [4.78, 5) is 0. The number of nitrogens with one attached hydrogen (secondary N) is 1. The first-order chi connectivity index (χ1) is 7.51. The Morgan fingerprint density at radius 1 is 1.25 bits per heavy atom. The van der Waals surface area contributed by atoms with Crippen LogP contribution in [0.4, 0.5) is 0 Å². The SMILES string of the molecule is CC1(C)C(O)NN(Cc2ccccc2)C1O. The second kappa shape index (κ2) is 4.14. The number of aliphatic hydroxyl groups is 2. The van der Waals surface area contributed by atoms with E-state index in [9.17, 15) is 10.2 Å². The number of hydrogen-bond acceptors (Lipinski definition) is 4. The van der Waals surface area contributed by atoms with Crippen molar-refractivity contribution in [2.24, 2.45) is 5.41 Å². The molecule has 2 rings (SSSR count). The molecule has 0 spiro atoms. The molecule has 1 fully saturated rings. The van der Waals surface area contributed by atoms with Crippen LogP contribution in [0, 0.1) is 5.41 Å². The lowest BCUT2D eigenvalue weighted by molar-refractivity contribution is -0.0509. The number of aliphatic hydroxyl groups excluding tert-OH is 2. The summed E-state index contributed by atoms with van der Waals surface area (Å²) >= 11 is 0. The molecule has 3 N–H and O–H groups in total. The predicted octanol–water partition coefficient (Wildman–Crippen LogP) is 0.670. The van der Waals surface area contributed by atoms with Crippen LogP contribution in [0.3, 0.4) is 0 Å². The highest BCUT2D eigenvalue weighted by atomic mass is 16.3. The quantitative estimate of drug-likeness (QED) is 0.688. The van der Waals surface area contributed by atoms with Gasteiger partial charge in [-0.3, -0.25) is 0 Å². The molecule has 1 heterocycles. The summed E-state index contributed by atoms with van der Waals surface area (Å²) in [6, 6.07) is 9.85. The second-order valence-corrected chi connectivity index (χ2v) is 4.84. The molecular formula is C12H18N2O2. The van der Waals surface area contributed by atoms with Crippen LogP contribution in [-0.4, -0.2) is 27.7 Å². The first kappa shape index (κ1) is 11.5. The van der Waals surface area contributed by atoms with E-state index >= 15 is 0 Å². The molecule has 0 bridgehead atoms. The molecule has 0 aromatic heterocycles. The lowest BCUT2D eigenvalue weighted by Gasteiger charge is -2.26. The van der Waals surface area contributed by atoms with Crippen LogP contribution in [-0.2, 0) is 6.54 Å². The van der Waals surface area contributed by atoms with Crippen LogP contribution in [0.25, 0.3) is 0 Å². The summed E-state index contributed by atoms with van der Waals surface area (Å²) in [5.41, 5.74) is 3.42. The minimum Gasteiger partial charge on any atom is -0.377 e. The zero-order valence-corrected chi connectivity index (χ0v) is 9.59. The fourth-order valence-electron chi connectivity index (χ4n) is 1.85. The van der Waals surface area contributed by atoms with Crippen molar-refractivity contribution in [1.82, 2.24) is 10.4 Å². The van der Waals surface area contributed by atoms with Gasteiger partial charge in [0, 0.05) is 12.0 Å². The molecule has 1 aromatic carbocycles. The van der Waals surface area contributed by atoms with Gasteiger partial charge in [0.2, 0.25) is 0 Å². The largest absolute Gasteiger partial charge is 0.377 e. The van der Waals surface area contributed by atoms with Crippen LogP contribution in [0.1, 0.15) is 19.4 Å². The number of benzene rings is 1. The van der Waals surface area contributed by atoms with Gasteiger partial charge in [-0.15, -0.1) is 0 Å². The van der Waals surface area contributed by atoms with E-state index in [4.69, 9.17) is 0 Å². The summed E-state index contributed by atoms with van der Waals surface area (Å²) < 4.78 is 0. The molecule has 16 heavy (non-hydrogen) atoms. The minimum absolute atomic E-state index is 0.561. The molecule has 1 saturated heterocycles. The van der Waals surface area contributed by atoms with Crippen LogP contribution in [0.5, 0.6) is 0 Å². The molecule has 1 aromatic rings. The van der Waals surface area contributed by atoms with E-state index in [1.165, 1.54) is 0 Å². The summed E-state index contributed by atoms with van der Waals surface area (Å²) in [7, 11) is 0. The number of hydrogen-bond donors (Lipinski definition) is 3. The highest BCUT2D eigenvalue weighted by Gasteiger charge is 2.46. The monoisotopic (exact) mass is 222 g/mol. The Bertz CT molecular complexity index is 353. The van der Waals surface area contributed by atoms with Gasteiger partial charge in [0.1, 0.15) is 12.5 Å². The maximum Gasteiger partial charge on any atom is 0.129 e. The van der Waals surface area contributed by atoms with E-state index < -0.39 is 17.9 Å². The van der Waals surface area contributed by atoms with Crippen LogP contribution < -0.4 is 5.43 Å². The molecule has 0 saturated carbocycles. The minimum atomic E-state index is -0.716. The standard InChI is InChI=1S/C12H18N2O2/c1-12(2)10(15)13-14(11(12)16)8-9-6-4-3-5-7-9/h3-7,10-11,13,15-16H,8H2,1-2H3. The summed E-state index contributed by atoms with van der Waals surface area (Å²) in [5, 5.41) is 21.5. The molecule has 2 unspecified atom stereocenters. The maximum absolute atomic E-state index is 10.1. The van der Waals surface area contributed by atoms with Crippen molar-refractivity contribution in [1.29, 1.82) is 0 Å². The Balaban J connectivity index is 2.08. The number of hydrazine groups is 1. The van der Waals surface area contributed by atoms with Gasteiger partial charge < -0.3 is 10.2 Å². The zero-order valence-electron chi connectivity index (χ0n) is 9.59. The molecular weight excluding hydrogens is 204 g/mol. The van der Waals surface area contributed by atoms with Gasteiger partial charge >= 0.3 is 0 Å². The number of nitrogens with zero attached hydrogens (tertiary/aromatic N) is 1. The van der Waals surface area contributed by atoms with E-state index in [0.29, 0.717) is 6.54 Å². The van der Waals surface area contributed by atoms with E-state index in [2.05, 4.69) is 5.43 Å². The lowest BCUT2D eigenvalue weighted by atomic mass is 9.91. The summed E-state index contributed by atoms with van der Waals surface area (Å²) in [5.74, 6) is 0. The van der Waals surface area contributed by atoms with E-state index in [0.717, 1.165) is 5.56 Å². The Morgan fingerprint density at radius 3 is 2.38 bits per heavy atom. The molecule has 0 amide bonds. The van der Waals surface area contributed by atoms with Gasteiger partial charge in [-0.25, -0.2) is 10.4 Å². The van der Waals surface area contributed by atoms with E-state index in [1.54, 1.807) is 5.01 Å². The maximum atomic E-state index is 10.1. The average molecular weight is 222 g/mol. The third-order valence-electron chi connectivity index (χ3n) is 3.15. The number of rotatable bonds is 2. The molecule has 2 atom stereocenters. The van der Waals surface area contributed by atoms with Gasteiger partial charge in [-0.1, -0.05) is 44.2 Å². The van der Waals surface area contributed by atoms with Crippen molar-refractivity contribution in [3.8, 4) is 0 Å². The molecule has 0 radical (unpaired) electrons. The van der Waals surface area contributed by atoms with Gasteiger partial charge in [0.05, 0.1) is 0 Å². The van der Waals surface area contributed by atoms with Crippen molar-refractivity contribution in [3.05, 3.63) is 35.9 Å². The molecule has 4 nitrogen and oxygen atoms in total. The van der Waals surface area contributed by atoms with Crippen LogP contribution >= 0.6 is 0 Å². The third kappa shape index (κ3) is 1.97. The predicted molar refractivity (Wildman–Crippen MR) is 60.9 cm³/mol.